The molecule has 0 aromatic heterocycles. The molecule has 0 heterocycles. The SMILES string of the molecule is N#Cc1cc(C(F)F)cc(C(F)(F)F)c1. The van der Waals surface area contributed by atoms with Crippen molar-refractivity contribution in [2.45, 2.75) is 12.6 Å². The molecule has 0 saturated carbocycles. The van der Waals surface area contributed by atoms with Crippen LogP contribution in [0.2, 0.25) is 0 Å². The minimum atomic E-state index is -4.73. The summed E-state index contributed by atoms with van der Waals surface area (Å²) >= 11 is 0. The summed E-state index contributed by atoms with van der Waals surface area (Å²) in [6, 6.07) is 3.01. The lowest BCUT2D eigenvalue weighted by molar-refractivity contribution is -0.137. The van der Waals surface area contributed by atoms with Gasteiger partial charge in [-0.1, -0.05) is 0 Å². The van der Waals surface area contributed by atoms with Crippen molar-refractivity contribution in [3.63, 3.8) is 0 Å². The molecule has 1 nitrogen and oxygen atoms in total. The van der Waals surface area contributed by atoms with Crippen LogP contribution in [0.5, 0.6) is 0 Å². The van der Waals surface area contributed by atoms with Crippen molar-refractivity contribution in [1.82, 2.24) is 0 Å². The average molecular weight is 221 g/mol. The highest BCUT2D eigenvalue weighted by atomic mass is 19.4. The average Bonchev–Trinajstić information content (AvgIpc) is 2.15. The number of alkyl halides is 5. The van der Waals surface area contributed by atoms with Gasteiger partial charge in [0.1, 0.15) is 0 Å². The minimum Gasteiger partial charge on any atom is -0.205 e. The lowest BCUT2D eigenvalue weighted by Crippen LogP contribution is -2.06. The molecular formula is C9H4F5N. The van der Waals surface area contributed by atoms with Crippen molar-refractivity contribution < 1.29 is 22.0 Å². The molecule has 0 atom stereocenters. The molecule has 1 aromatic carbocycles. The first-order chi connectivity index (χ1) is 6.84. The number of nitrogens with zero attached hydrogens (tertiary/aromatic N) is 1. The summed E-state index contributed by atoms with van der Waals surface area (Å²) in [7, 11) is 0. The van der Waals surface area contributed by atoms with Crippen LogP contribution < -0.4 is 0 Å². The largest absolute Gasteiger partial charge is 0.416 e. The minimum absolute atomic E-state index is 0.339. The molecule has 1 aromatic rings. The second-order valence-electron chi connectivity index (χ2n) is 2.75. The maximum Gasteiger partial charge on any atom is 0.416 e. The Morgan fingerprint density at radius 3 is 2.13 bits per heavy atom. The Hall–Kier alpha value is -1.64. The van der Waals surface area contributed by atoms with E-state index < -0.39 is 29.3 Å². The highest BCUT2D eigenvalue weighted by Crippen LogP contribution is 2.32. The zero-order valence-corrected chi connectivity index (χ0v) is 7.15. The summed E-state index contributed by atoms with van der Waals surface area (Å²) in [5, 5.41) is 8.37. The monoisotopic (exact) mass is 221 g/mol. The van der Waals surface area contributed by atoms with Gasteiger partial charge in [-0.15, -0.1) is 0 Å². The molecule has 0 aliphatic rings. The Bertz CT molecular complexity index is 402. The molecule has 0 spiro atoms. The van der Waals surface area contributed by atoms with E-state index in [9.17, 15) is 22.0 Å². The van der Waals surface area contributed by atoms with Crippen LogP contribution in [-0.4, -0.2) is 0 Å². The molecule has 0 aliphatic heterocycles. The molecule has 0 amide bonds. The van der Waals surface area contributed by atoms with Crippen molar-refractivity contribution >= 4 is 0 Å². The van der Waals surface area contributed by atoms with E-state index in [1.54, 1.807) is 0 Å². The molecule has 0 fully saturated rings. The smallest absolute Gasteiger partial charge is 0.205 e. The van der Waals surface area contributed by atoms with Gasteiger partial charge in [0.05, 0.1) is 17.2 Å². The fourth-order valence-corrected chi connectivity index (χ4v) is 1.01. The van der Waals surface area contributed by atoms with E-state index in [2.05, 4.69) is 0 Å². The summed E-state index contributed by atoms with van der Waals surface area (Å²) in [5.41, 5.74) is -2.47. The number of hydrogen-bond donors (Lipinski definition) is 0. The van der Waals surface area contributed by atoms with Gasteiger partial charge in [-0.05, 0) is 18.2 Å². The summed E-state index contributed by atoms with van der Waals surface area (Å²) in [6.45, 7) is 0. The third kappa shape index (κ3) is 2.65. The summed E-state index contributed by atoms with van der Waals surface area (Å²) in [4.78, 5) is 0. The summed E-state index contributed by atoms with van der Waals surface area (Å²) < 4.78 is 60.9. The van der Waals surface area contributed by atoms with Crippen molar-refractivity contribution in [3.05, 3.63) is 34.9 Å². The van der Waals surface area contributed by atoms with Crippen LogP contribution in [0.1, 0.15) is 23.1 Å². The van der Waals surface area contributed by atoms with Gasteiger partial charge in [-0.3, -0.25) is 0 Å². The summed E-state index contributed by atoms with van der Waals surface area (Å²) in [5.74, 6) is 0. The lowest BCUT2D eigenvalue weighted by atomic mass is 10.1. The van der Waals surface area contributed by atoms with Crippen molar-refractivity contribution in [3.8, 4) is 6.07 Å². The van der Waals surface area contributed by atoms with Crippen molar-refractivity contribution in [2.75, 3.05) is 0 Å². The molecule has 0 unspecified atom stereocenters. The van der Waals surface area contributed by atoms with Gasteiger partial charge >= 0.3 is 6.18 Å². The maximum absolute atomic E-state index is 12.2. The number of rotatable bonds is 1. The van der Waals surface area contributed by atoms with Gasteiger partial charge in [0.2, 0.25) is 0 Å². The molecule has 0 bridgehead atoms. The zero-order valence-electron chi connectivity index (χ0n) is 7.15. The third-order valence-electron chi connectivity index (χ3n) is 1.66. The first-order valence-corrected chi connectivity index (χ1v) is 3.75. The Morgan fingerprint density at radius 1 is 1.13 bits per heavy atom. The van der Waals surface area contributed by atoms with Crippen LogP contribution in [0.25, 0.3) is 0 Å². The Balaban J connectivity index is 3.32. The topological polar surface area (TPSA) is 23.8 Å². The highest BCUT2D eigenvalue weighted by molar-refractivity contribution is 5.39. The van der Waals surface area contributed by atoms with Gasteiger partial charge < -0.3 is 0 Å². The van der Waals surface area contributed by atoms with E-state index in [4.69, 9.17) is 5.26 Å². The van der Waals surface area contributed by atoms with E-state index in [0.717, 1.165) is 6.07 Å². The van der Waals surface area contributed by atoms with E-state index in [0.29, 0.717) is 12.1 Å². The molecule has 80 valence electrons. The Labute approximate surface area is 81.7 Å². The van der Waals surface area contributed by atoms with Crippen molar-refractivity contribution in [2.24, 2.45) is 0 Å². The highest BCUT2D eigenvalue weighted by Gasteiger charge is 2.31. The first-order valence-electron chi connectivity index (χ1n) is 3.75. The van der Waals surface area contributed by atoms with Crippen LogP contribution in [0, 0.1) is 11.3 Å². The molecule has 15 heavy (non-hydrogen) atoms. The van der Waals surface area contributed by atoms with Crippen LogP contribution >= 0.6 is 0 Å². The Morgan fingerprint density at radius 2 is 1.73 bits per heavy atom. The maximum atomic E-state index is 12.2. The summed E-state index contributed by atoms with van der Waals surface area (Å²) in [6.07, 6.45) is -7.75. The molecule has 1 rings (SSSR count). The second-order valence-corrected chi connectivity index (χ2v) is 2.75. The van der Waals surface area contributed by atoms with Gasteiger partial charge in [0, 0.05) is 5.56 Å². The normalized spacial score (nSPS) is 11.5. The first kappa shape index (κ1) is 11.4. The van der Waals surface area contributed by atoms with Gasteiger partial charge in [0.25, 0.3) is 6.43 Å². The number of nitriles is 1. The van der Waals surface area contributed by atoms with Gasteiger partial charge in [-0.2, -0.15) is 18.4 Å². The predicted octanol–water partition coefficient (Wildman–Crippen LogP) is 3.51. The Kier molecular flexibility index (Phi) is 2.93. The molecule has 0 saturated heterocycles. The lowest BCUT2D eigenvalue weighted by Gasteiger charge is -2.09. The van der Waals surface area contributed by atoms with Crippen LogP contribution in [0.4, 0.5) is 22.0 Å². The van der Waals surface area contributed by atoms with E-state index >= 15 is 0 Å². The van der Waals surface area contributed by atoms with E-state index in [-0.39, 0.29) is 0 Å². The molecule has 0 radical (unpaired) electrons. The zero-order chi connectivity index (χ0) is 11.6. The second kappa shape index (κ2) is 3.85. The fraction of sp³-hybridized carbons (Fsp3) is 0.222. The van der Waals surface area contributed by atoms with Crippen molar-refractivity contribution in [1.29, 1.82) is 5.26 Å². The van der Waals surface area contributed by atoms with E-state index in [1.165, 1.54) is 6.07 Å². The van der Waals surface area contributed by atoms with E-state index in [1.807, 2.05) is 0 Å². The molecule has 0 aliphatic carbocycles. The van der Waals surface area contributed by atoms with Gasteiger partial charge in [-0.25, -0.2) is 8.78 Å². The predicted molar refractivity (Wildman–Crippen MR) is 41.1 cm³/mol. The van der Waals surface area contributed by atoms with Crippen LogP contribution in [0.15, 0.2) is 18.2 Å². The molecule has 6 heteroatoms. The van der Waals surface area contributed by atoms with Crippen LogP contribution in [-0.2, 0) is 6.18 Å². The number of halogens is 5. The van der Waals surface area contributed by atoms with Crippen LogP contribution in [0.3, 0.4) is 0 Å². The molecule has 0 N–H and O–H groups in total. The van der Waals surface area contributed by atoms with Gasteiger partial charge in [0.15, 0.2) is 0 Å². The number of benzene rings is 1. The third-order valence-corrected chi connectivity index (χ3v) is 1.66. The number of hydrogen-bond acceptors (Lipinski definition) is 1. The fourth-order valence-electron chi connectivity index (χ4n) is 1.01. The quantitative estimate of drug-likeness (QED) is 0.665. The molecular weight excluding hydrogens is 217 g/mol. The standard InChI is InChI=1S/C9H4F5N/c10-8(11)6-1-5(4-15)2-7(3-6)9(12,13)14/h1-3,8H.